The fraction of sp³-hybridized carbons (Fsp3) is 0.500. The smallest absolute Gasteiger partial charge is 0.221 e. The summed E-state index contributed by atoms with van der Waals surface area (Å²) in [5.41, 5.74) is 3.23. The van der Waals surface area contributed by atoms with Crippen LogP contribution in [0.5, 0.6) is 0 Å². The standard InChI is InChI=1S/C10H13NO.2C2H6/c1-7-5-4-6-10(8(7)2)11-9(3)12;2*1-2/h4-6H,1-3H3,(H,11,12);2*1-2H3. The molecule has 0 radical (unpaired) electrons. The molecule has 0 bridgehead atoms. The Kier molecular flexibility index (Phi) is 10.9. The van der Waals surface area contributed by atoms with Gasteiger partial charge in [0.2, 0.25) is 5.91 Å². The Bertz CT molecular complexity index is 306. The zero-order valence-electron chi connectivity index (χ0n) is 11.6. The maximum absolute atomic E-state index is 10.8. The van der Waals surface area contributed by atoms with Crippen LogP contribution in [0.2, 0.25) is 0 Å². The quantitative estimate of drug-likeness (QED) is 0.755. The van der Waals surface area contributed by atoms with E-state index in [1.807, 2.05) is 59.7 Å². The van der Waals surface area contributed by atoms with Gasteiger partial charge in [0.1, 0.15) is 0 Å². The summed E-state index contributed by atoms with van der Waals surface area (Å²) in [7, 11) is 0. The number of carbonyl (C=O) groups excluding carboxylic acids is 1. The van der Waals surface area contributed by atoms with Gasteiger partial charge in [0.25, 0.3) is 0 Å². The van der Waals surface area contributed by atoms with Crippen LogP contribution in [0.1, 0.15) is 45.7 Å². The SMILES string of the molecule is CC.CC.CC(=O)Nc1cccc(C)c1C. The predicted octanol–water partition coefficient (Wildman–Crippen LogP) is 4.31. The van der Waals surface area contributed by atoms with Crippen LogP contribution in [0.25, 0.3) is 0 Å². The molecule has 16 heavy (non-hydrogen) atoms. The molecule has 0 fully saturated rings. The molecule has 0 saturated carbocycles. The van der Waals surface area contributed by atoms with Gasteiger partial charge in [-0.15, -0.1) is 0 Å². The van der Waals surface area contributed by atoms with Crippen molar-refractivity contribution in [2.45, 2.75) is 48.5 Å². The van der Waals surface area contributed by atoms with E-state index in [1.54, 1.807) is 0 Å². The number of amides is 1. The predicted molar refractivity (Wildman–Crippen MR) is 72.9 cm³/mol. The van der Waals surface area contributed by atoms with E-state index >= 15 is 0 Å². The van der Waals surface area contributed by atoms with Gasteiger partial charge in [-0.2, -0.15) is 0 Å². The Labute approximate surface area is 100 Å². The summed E-state index contributed by atoms with van der Waals surface area (Å²) in [5, 5.41) is 2.77. The van der Waals surface area contributed by atoms with Crippen molar-refractivity contribution in [2.75, 3.05) is 5.32 Å². The monoisotopic (exact) mass is 223 g/mol. The van der Waals surface area contributed by atoms with Gasteiger partial charge in [-0.05, 0) is 31.0 Å². The van der Waals surface area contributed by atoms with E-state index < -0.39 is 0 Å². The first-order valence-electron chi connectivity index (χ1n) is 5.95. The summed E-state index contributed by atoms with van der Waals surface area (Å²) in [4.78, 5) is 10.8. The maximum Gasteiger partial charge on any atom is 0.221 e. The number of nitrogens with one attached hydrogen (secondary N) is 1. The molecule has 0 aliphatic rings. The van der Waals surface area contributed by atoms with Crippen molar-refractivity contribution in [3.8, 4) is 0 Å². The van der Waals surface area contributed by atoms with E-state index in [1.165, 1.54) is 12.5 Å². The topological polar surface area (TPSA) is 29.1 Å². The van der Waals surface area contributed by atoms with Crippen LogP contribution < -0.4 is 5.32 Å². The lowest BCUT2D eigenvalue weighted by Gasteiger charge is -2.07. The first-order chi connectivity index (χ1) is 7.61. The van der Waals surface area contributed by atoms with Gasteiger partial charge in [-0.1, -0.05) is 39.8 Å². The highest BCUT2D eigenvalue weighted by molar-refractivity contribution is 5.89. The van der Waals surface area contributed by atoms with Crippen LogP contribution >= 0.6 is 0 Å². The summed E-state index contributed by atoms with van der Waals surface area (Å²) >= 11 is 0. The molecule has 1 N–H and O–H groups in total. The molecule has 1 aromatic rings. The highest BCUT2D eigenvalue weighted by Crippen LogP contribution is 2.17. The van der Waals surface area contributed by atoms with E-state index in [9.17, 15) is 4.79 Å². The van der Waals surface area contributed by atoms with Crippen molar-refractivity contribution in [3.63, 3.8) is 0 Å². The van der Waals surface area contributed by atoms with E-state index in [0.29, 0.717) is 0 Å². The second kappa shape index (κ2) is 10.2. The lowest BCUT2D eigenvalue weighted by atomic mass is 10.1. The van der Waals surface area contributed by atoms with Crippen molar-refractivity contribution in [1.29, 1.82) is 0 Å². The molecular formula is C14H25NO. The Balaban J connectivity index is 0. The molecule has 0 heterocycles. The number of anilines is 1. The average Bonchev–Trinajstić information content (AvgIpc) is 2.30. The zero-order chi connectivity index (χ0) is 13.1. The van der Waals surface area contributed by atoms with Gasteiger partial charge in [0.15, 0.2) is 0 Å². The molecule has 1 amide bonds. The van der Waals surface area contributed by atoms with Crippen LogP contribution in [0.4, 0.5) is 5.69 Å². The van der Waals surface area contributed by atoms with Crippen molar-refractivity contribution in [3.05, 3.63) is 29.3 Å². The molecule has 0 spiro atoms. The molecule has 1 rings (SSSR count). The Morgan fingerprint density at radius 2 is 1.56 bits per heavy atom. The molecule has 0 aliphatic carbocycles. The number of hydrogen-bond acceptors (Lipinski definition) is 1. The fourth-order valence-electron chi connectivity index (χ4n) is 1.08. The largest absolute Gasteiger partial charge is 0.326 e. The molecule has 2 heteroatoms. The molecule has 0 atom stereocenters. The number of aryl methyl sites for hydroxylation is 1. The normalized spacial score (nSPS) is 7.94. The van der Waals surface area contributed by atoms with E-state index in [-0.39, 0.29) is 5.91 Å². The molecular weight excluding hydrogens is 198 g/mol. The summed E-state index contributed by atoms with van der Waals surface area (Å²) in [6.07, 6.45) is 0. The molecule has 0 aliphatic heterocycles. The van der Waals surface area contributed by atoms with E-state index in [2.05, 4.69) is 5.32 Å². The van der Waals surface area contributed by atoms with Gasteiger partial charge in [-0.3, -0.25) is 4.79 Å². The van der Waals surface area contributed by atoms with Gasteiger partial charge in [-0.25, -0.2) is 0 Å². The first-order valence-corrected chi connectivity index (χ1v) is 5.95. The maximum atomic E-state index is 10.8. The van der Waals surface area contributed by atoms with Crippen molar-refractivity contribution < 1.29 is 4.79 Å². The second-order valence-electron chi connectivity index (χ2n) is 2.93. The van der Waals surface area contributed by atoms with Gasteiger partial charge >= 0.3 is 0 Å². The molecule has 0 aromatic heterocycles. The minimum Gasteiger partial charge on any atom is -0.326 e. The Morgan fingerprint density at radius 3 is 2.00 bits per heavy atom. The lowest BCUT2D eigenvalue weighted by molar-refractivity contribution is -0.114. The van der Waals surface area contributed by atoms with Crippen LogP contribution in [0, 0.1) is 13.8 Å². The molecule has 0 unspecified atom stereocenters. The summed E-state index contributed by atoms with van der Waals surface area (Å²) in [5.74, 6) is -0.0244. The van der Waals surface area contributed by atoms with Gasteiger partial charge in [0.05, 0.1) is 0 Å². The molecule has 1 aromatic carbocycles. The number of rotatable bonds is 1. The van der Waals surface area contributed by atoms with Crippen molar-refractivity contribution >= 4 is 11.6 Å². The van der Waals surface area contributed by atoms with E-state index in [0.717, 1.165) is 11.3 Å². The summed E-state index contributed by atoms with van der Waals surface area (Å²) in [6, 6.07) is 5.87. The fourth-order valence-corrected chi connectivity index (χ4v) is 1.08. The highest BCUT2D eigenvalue weighted by Gasteiger charge is 2.00. The molecule has 2 nitrogen and oxygen atoms in total. The third-order valence-electron chi connectivity index (χ3n) is 1.92. The second-order valence-corrected chi connectivity index (χ2v) is 2.93. The summed E-state index contributed by atoms with van der Waals surface area (Å²) < 4.78 is 0. The zero-order valence-corrected chi connectivity index (χ0v) is 11.6. The van der Waals surface area contributed by atoms with Crippen LogP contribution in [-0.4, -0.2) is 5.91 Å². The number of carbonyl (C=O) groups is 1. The Morgan fingerprint density at radius 1 is 1.06 bits per heavy atom. The number of benzene rings is 1. The number of hydrogen-bond donors (Lipinski definition) is 1. The van der Waals surface area contributed by atoms with Gasteiger partial charge in [0, 0.05) is 12.6 Å². The van der Waals surface area contributed by atoms with Crippen LogP contribution in [-0.2, 0) is 4.79 Å². The van der Waals surface area contributed by atoms with Crippen molar-refractivity contribution in [1.82, 2.24) is 0 Å². The lowest BCUT2D eigenvalue weighted by Crippen LogP contribution is -2.07. The minimum absolute atomic E-state index is 0.0244. The molecule has 0 saturated heterocycles. The third kappa shape index (κ3) is 6.23. The van der Waals surface area contributed by atoms with Gasteiger partial charge < -0.3 is 5.32 Å². The minimum atomic E-state index is -0.0244. The first kappa shape index (κ1) is 17.1. The summed E-state index contributed by atoms with van der Waals surface area (Å²) in [6.45, 7) is 13.5. The van der Waals surface area contributed by atoms with Crippen LogP contribution in [0.3, 0.4) is 0 Å². The molecule has 92 valence electrons. The highest BCUT2D eigenvalue weighted by atomic mass is 16.1. The Hall–Kier alpha value is -1.31. The average molecular weight is 223 g/mol. The van der Waals surface area contributed by atoms with Crippen molar-refractivity contribution in [2.24, 2.45) is 0 Å². The third-order valence-corrected chi connectivity index (χ3v) is 1.92. The van der Waals surface area contributed by atoms with Crippen LogP contribution in [0.15, 0.2) is 18.2 Å². The van der Waals surface area contributed by atoms with E-state index in [4.69, 9.17) is 0 Å².